The molecule has 0 aliphatic rings. The van der Waals surface area contributed by atoms with Crippen LogP contribution >= 0.6 is 12.6 Å². The molecular formula is C18H16NS4-. The van der Waals surface area contributed by atoms with Crippen LogP contribution in [0.4, 0.5) is 5.69 Å². The zero-order valence-corrected chi connectivity index (χ0v) is 15.6. The molecule has 0 heterocycles. The molecule has 0 atom stereocenters. The van der Waals surface area contributed by atoms with Gasteiger partial charge < -0.3 is 13.7 Å². The van der Waals surface area contributed by atoms with E-state index < -0.39 is 8.01 Å². The smallest absolute Gasteiger partial charge is 0.0319 e. The summed E-state index contributed by atoms with van der Waals surface area (Å²) in [6.07, 6.45) is 0. The van der Waals surface area contributed by atoms with Gasteiger partial charge >= 0.3 is 0 Å². The highest BCUT2D eigenvalue weighted by Crippen LogP contribution is 2.26. The predicted molar refractivity (Wildman–Crippen MR) is 110 cm³/mol. The first kappa shape index (κ1) is 17.9. The summed E-state index contributed by atoms with van der Waals surface area (Å²) in [6, 6.07) is 25.5. The van der Waals surface area contributed by atoms with Crippen molar-refractivity contribution in [1.82, 2.24) is 0 Å². The van der Waals surface area contributed by atoms with E-state index in [2.05, 4.69) is 12.6 Å². The Morgan fingerprint density at radius 1 is 0.783 bits per heavy atom. The molecule has 3 aromatic rings. The summed E-state index contributed by atoms with van der Waals surface area (Å²) in [6.45, 7) is 0. The fraction of sp³-hybridized carbons (Fsp3) is 0. The lowest BCUT2D eigenvalue weighted by Gasteiger charge is -2.14. The molecule has 2 N–H and O–H groups in total. The third-order valence-electron chi connectivity index (χ3n) is 3.02. The Morgan fingerprint density at radius 3 is 1.83 bits per heavy atom. The maximum absolute atomic E-state index is 5.80. The van der Waals surface area contributed by atoms with E-state index in [1.54, 1.807) is 0 Å². The van der Waals surface area contributed by atoms with Gasteiger partial charge in [-0.15, -0.1) is 17.5 Å². The molecule has 0 fully saturated rings. The molecule has 0 aromatic heterocycles. The molecule has 0 spiro atoms. The summed E-state index contributed by atoms with van der Waals surface area (Å²) in [7, 11) is -0.588. The maximum Gasteiger partial charge on any atom is 0.0319 e. The summed E-state index contributed by atoms with van der Waals surface area (Å²) in [5.74, 6) is 0. The monoisotopic (exact) mass is 374 g/mol. The van der Waals surface area contributed by atoms with Crippen molar-refractivity contribution in [3.05, 3.63) is 78.9 Å². The van der Waals surface area contributed by atoms with Crippen molar-refractivity contribution in [1.29, 1.82) is 0 Å². The van der Waals surface area contributed by atoms with Crippen LogP contribution in [0, 0.1) is 0 Å². The molecule has 0 radical (unpaired) electrons. The second-order valence-electron chi connectivity index (χ2n) is 4.69. The van der Waals surface area contributed by atoms with Crippen molar-refractivity contribution in [2.45, 2.75) is 9.79 Å². The Bertz CT molecular complexity index is 820. The van der Waals surface area contributed by atoms with Gasteiger partial charge in [0.25, 0.3) is 0 Å². The number of nitrogen functional groups attached to an aromatic ring is 1. The highest BCUT2D eigenvalue weighted by atomic mass is 33.1. The number of benzene rings is 3. The van der Waals surface area contributed by atoms with E-state index in [1.807, 2.05) is 78.9 Å². The molecule has 0 saturated heterocycles. The van der Waals surface area contributed by atoms with Gasteiger partial charge in [0.2, 0.25) is 0 Å². The minimum Gasteiger partial charge on any atom is -0.399 e. The number of anilines is 1. The average molecular weight is 375 g/mol. The summed E-state index contributed by atoms with van der Waals surface area (Å²) < 4.78 is 0. The van der Waals surface area contributed by atoms with Gasteiger partial charge in [0.1, 0.15) is 0 Å². The Kier molecular flexibility index (Phi) is 7.05. The Balaban J connectivity index is 0.000000229. The van der Waals surface area contributed by atoms with Gasteiger partial charge in [-0.3, -0.25) is 22.4 Å². The number of rotatable bonds is 2. The Morgan fingerprint density at radius 2 is 1.35 bits per heavy atom. The van der Waals surface area contributed by atoms with Gasteiger partial charge in [0, 0.05) is 10.6 Å². The van der Waals surface area contributed by atoms with Crippen molar-refractivity contribution in [3.8, 4) is 11.1 Å². The summed E-state index contributed by atoms with van der Waals surface area (Å²) in [5.41, 5.74) is 8.69. The van der Waals surface area contributed by atoms with E-state index in [0.29, 0.717) is 0 Å². The SMILES string of the molecule is Nc1ccc([S-](=S)=S)c(-c2ccccc2)c1.Sc1ccccc1. The molecule has 23 heavy (non-hydrogen) atoms. The molecular weight excluding hydrogens is 358 g/mol. The molecule has 3 rings (SSSR count). The van der Waals surface area contributed by atoms with Crippen LogP contribution in [0.1, 0.15) is 0 Å². The fourth-order valence-corrected chi connectivity index (χ4v) is 3.54. The van der Waals surface area contributed by atoms with Crippen molar-refractivity contribution >= 4 is 48.7 Å². The molecule has 3 aromatic carbocycles. The lowest BCUT2D eigenvalue weighted by molar-refractivity contribution is 1.45. The van der Waals surface area contributed by atoms with Gasteiger partial charge in [0.15, 0.2) is 0 Å². The molecule has 0 unspecified atom stereocenters. The van der Waals surface area contributed by atoms with E-state index in [9.17, 15) is 0 Å². The molecule has 118 valence electrons. The average Bonchev–Trinajstić information content (AvgIpc) is 2.56. The highest BCUT2D eigenvalue weighted by molar-refractivity contribution is 8.46. The van der Waals surface area contributed by atoms with Crippen LogP contribution in [-0.4, -0.2) is 0 Å². The molecule has 0 aliphatic carbocycles. The lowest BCUT2D eigenvalue weighted by atomic mass is 10.1. The molecule has 1 nitrogen and oxygen atoms in total. The predicted octanol–water partition coefficient (Wildman–Crippen LogP) is 4.81. The van der Waals surface area contributed by atoms with Gasteiger partial charge in [-0.2, -0.15) is 0 Å². The second kappa shape index (κ2) is 9.03. The van der Waals surface area contributed by atoms with Crippen LogP contribution in [0.15, 0.2) is 88.7 Å². The minimum absolute atomic E-state index is 0.588. The van der Waals surface area contributed by atoms with Gasteiger partial charge in [-0.1, -0.05) is 54.6 Å². The first-order chi connectivity index (χ1) is 11.1. The normalized spacial score (nSPS) is 10.0. The van der Waals surface area contributed by atoms with E-state index in [0.717, 1.165) is 26.6 Å². The number of nitrogens with two attached hydrogens (primary N) is 1. The summed E-state index contributed by atoms with van der Waals surface area (Å²) >= 11 is 14.4. The van der Waals surface area contributed by atoms with E-state index in [1.165, 1.54) is 0 Å². The third kappa shape index (κ3) is 5.62. The second-order valence-corrected chi connectivity index (χ2v) is 8.75. The fourth-order valence-electron chi connectivity index (χ4n) is 1.96. The van der Waals surface area contributed by atoms with Gasteiger partial charge in [0.05, 0.1) is 0 Å². The topological polar surface area (TPSA) is 26.0 Å². The van der Waals surface area contributed by atoms with E-state index in [-0.39, 0.29) is 0 Å². The number of hydrogen-bond donors (Lipinski definition) is 2. The van der Waals surface area contributed by atoms with Crippen molar-refractivity contribution in [2.75, 3.05) is 5.73 Å². The van der Waals surface area contributed by atoms with Gasteiger partial charge in [-0.05, 0) is 35.4 Å². The van der Waals surface area contributed by atoms with Crippen LogP contribution in [-0.2, 0) is 30.4 Å². The minimum atomic E-state index is -0.588. The van der Waals surface area contributed by atoms with Crippen LogP contribution in [0.5, 0.6) is 0 Å². The van der Waals surface area contributed by atoms with Crippen LogP contribution < -0.4 is 5.73 Å². The molecule has 5 heteroatoms. The Labute approximate surface area is 153 Å². The first-order valence-electron chi connectivity index (χ1n) is 6.86. The van der Waals surface area contributed by atoms with E-state index in [4.69, 9.17) is 28.1 Å². The molecule has 0 bridgehead atoms. The van der Waals surface area contributed by atoms with E-state index >= 15 is 0 Å². The summed E-state index contributed by atoms with van der Waals surface area (Å²) in [5, 5.41) is 0. The number of thiol groups is 1. The maximum atomic E-state index is 5.80. The molecule has 0 amide bonds. The molecule has 0 aliphatic heterocycles. The quantitative estimate of drug-likeness (QED) is 0.383. The standard InChI is InChI=1S/C12H10NS3.C6H6S/c13-10-6-7-12(16(14)15)11(8-10)9-4-2-1-3-5-9;7-6-4-2-1-3-5-6/h1-8H,13H2;1-5,7H/q-1;. The van der Waals surface area contributed by atoms with Crippen molar-refractivity contribution < 1.29 is 0 Å². The van der Waals surface area contributed by atoms with Crippen LogP contribution in [0.3, 0.4) is 0 Å². The van der Waals surface area contributed by atoms with Crippen LogP contribution in [0.2, 0.25) is 0 Å². The van der Waals surface area contributed by atoms with Crippen molar-refractivity contribution in [3.63, 3.8) is 0 Å². The first-order valence-corrected chi connectivity index (χ1v) is 10.4. The number of hydrogen-bond acceptors (Lipinski definition) is 5. The highest BCUT2D eigenvalue weighted by Gasteiger charge is 1.99. The zero-order chi connectivity index (χ0) is 16.7. The third-order valence-corrected chi connectivity index (χ3v) is 5.11. The van der Waals surface area contributed by atoms with Crippen molar-refractivity contribution in [2.24, 2.45) is 0 Å². The lowest BCUT2D eigenvalue weighted by Crippen LogP contribution is -1.90. The zero-order valence-electron chi connectivity index (χ0n) is 12.3. The Hall–Kier alpha value is -1.40. The van der Waals surface area contributed by atoms with Crippen LogP contribution in [0.25, 0.3) is 11.1 Å². The largest absolute Gasteiger partial charge is 0.399 e. The summed E-state index contributed by atoms with van der Waals surface area (Å²) in [4.78, 5) is 2.02. The molecule has 0 saturated carbocycles. The van der Waals surface area contributed by atoms with Gasteiger partial charge in [-0.25, -0.2) is 0 Å².